The SMILES string of the molecule is Cc1ccc(S(=O)(=O)Nc2cccc3c2O[C@@H](CN(C)S(=O)(=O)c2ccc(Cl)cc2)[C@H](C)CN([C@H](C)CO)C3=O)cc1. The highest BCUT2D eigenvalue weighted by Gasteiger charge is 2.36. The molecule has 0 saturated carbocycles. The van der Waals surface area contributed by atoms with Gasteiger partial charge in [-0.2, -0.15) is 4.31 Å². The fraction of sp³-hybridized carbons (Fsp3) is 0.345. The summed E-state index contributed by atoms with van der Waals surface area (Å²) in [5.41, 5.74) is 1.00. The minimum Gasteiger partial charge on any atom is -0.486 e. The number of carbonyl (C=O) groups is 1. The molecule has 0 radical (unpaired) electrons. The Hall–Kier alpha value is -3.16. The van der Waals surface area contributed by atoms with Gasteiger partial charge in [-0.05, 0) is 62.4 Å². The fourth-order valence-electron chi connectivity index (χ4n) is 4.60. The second-order valence-corrected chi connectivity index (χ2v) is 14.6. The molecule has 4 rings (SSSR count). The van der Waals surface area contributed by atoms with Crippen LogP contribution in [0.3, 0.4) is 0 Å². The van der Waals surface area contributed by atoms with E-state index in [0.29, 0.717) is 5.02 Å². The molecular weight excluding hydrogens is 602 g/mol. The molecule has 42 heavy (non-hydrogen) atoms. The lowest BCUT2D eigenvalue weighted by molar-refractivity contribution is 0.0389. The van der Waals surface area contributed by atoms with Crippen LogP contribution in [0.15, 0.2) is 76.5 Å². The average Bonchev–Trinajstić information content (AvgIpc) is 2.95. The maximum atomic E-state index is 13.7. The first-order valence-corrected chi connectivity index (χ1v) is 16.6. The number of nitrogens with one attached hydrogen (secondary N) is 1. The van der Waals surface area contributed by atoms with Crippen LogP contribution < -0.4 is 9.46 Å². The van der Waals surface area contributed by atoms with Crippen LogP contribution in [0.25, 0.3) is 0 Å². The van der Waals surface area contributed by atoms with Gasteiger partial charge >= 0.3 is 0 Å². The van der Waals surface area contributed by atoms with Gasteiger partial charge in [0.15, 0.2) is 5.75 Å². The van der Waals surface area contributed by atoms with Gasteiger partial charge in [0, 0.05) is 24.5 Å². The molecule has 0 fully saturated rings. The zero-order valence-corrected chi connectivity index (χ0v) is 26.1. The number of aryl methyl sites for hydroxylation is 1. The summed E-state index contributed by atoms with van der Waals surface area (Å²) in [7, 11) is -6.58. The van der Waals surface area contributed by atoms with Crippen LogP contribution in [0.4, 0.5) is 5.69 Å². The molecule has 0 saturated heterocycles. The third-order valence-corrected chi connectivity index (χ3v) is 10.7. The number of amides is 1. The summed E-state index contributed by atoms with van der Waals surface area (Å²) in [6.45, 7) is 5.10. The van der Waals surface area contributed by atoms with E-state index in [0.717, 1.165) is 9.87 Å². The summed E-state index contributed by atoms with van der Waals surface area (Å²) < 4.78 is 63.4. The third-order valence-electron chi connectivity index (χ3n) is 7.23. The summed E-state index contributed by atoms with van der Waals surface area (Å²) >= 11 is 5.94. The van der Waals surface area contributed by atoms with Crippen molar-refractivity contribution in [1.82, 2.24) is 9.21 Å². The normalized spacial score (nSPS) is 18.5. The number of carbonyl (C=O) groups excluding carboxylic acids is 1. The molecule has 226 valence electrons. The van der Waals surface area contributed by atoms with Gasteiger partial charge in [-0.1, -0.05) is 42.3 Å². The molecule has 0 unspecified atom stereocenters. The molecule has 1 aliphatic heterocycles. The summed E-state index contributed by atoms with van der Waals surface area (Å²) in [6, 6.07) is 16.1. The predicted molar refractivity (Wildman–Crippen MR) is 161 cm³/mol. The number of benzene rings is 3. The van der Waals surface area contributed by atoms with E-state index in [1.54, 1.807) is 19.1 Å². The zero-order valence-electron chi connectivity index (χ0n) is 23.7. The van der Waals surface area contributed by atoms with Gasteiger partial charge < -0.3 is 14.7 Å². The van der Waals surface area contributed by atoms with Crippen LogP contribution in [-0.2, 0) is 20.0 Å². The Morgan fingerprint density at radius 1 is 1.05 bits per heavy atom. The number of rotatable bonds is 9. The molecule has 3 atom stereocenters. The third kappa shape index (κ3) is 6.73. The smallest absolute Gasteiger partial charge is 0.262 e. The van der Waals surface area contributed by atoms with E-state index in [2.05, 4.69) is 4.72 Å². The highest BCUT2D eigenvalue weighted by Crippen LogP contribution is 2.36. The van der Waals surface area contributed by atoms with Gasteiger partial charge in [0.05, 0.1) is 40.2 Å². The summed E-state index contributed by atoms with van der Waals surface area (Å²) in [6.07, 6.45) is -0.803. The van der Waals surface area contributed by atoms with E-state index >= 15 is 0 Å². The lowest BCUT2D eigenvalue weighted by Gasteiger charge is -2.38. The number of nitrogens with zero attached hydrogens (tertiary/aromatic N) is 2. The van der Waals surface area contributed by atoms with E-state index in [-0.39, 0.29) is 46.5 Å². The van der Waals surface area contributed by atoms with Crippen molar-refractivity contribution in [1.29, 1.82) is 0 Å². The zero-order chi connectivity index (χ0) is 30.8. The number of hydrogen-bond acceptors (Lipinski definition) is 7. The van der Waals surface area contributed by atoms with Gasteiger partial charge in [-0.25, -0.2) is 16.8 Å². The van der Waals surface area contributed by atoms with Crippen LogP contribution in [0.5, 0.6) is 5.75 Å². The van der Waals surface area contributed by atoms with Crippen LogP contribution in [0.2, 0.25) is 5.02 Å². The van der Waals surface area contributed by atoms with Gasteiger partial charge in [0.1, 0.15) is 6.10 Å². The lowest BCUT2D eigenvalue weighted by atomic mass is 9.99. The number of sulfonamides is 2. The predicted octanol–water partition coefficient (Wildman–Crippen LogP) is 3.99. The number of aliphatic hydroxyl groups excluding tert-OH is 1. The Balaban J connectivity index is 1.76. The van der Waals surface area contributed by atoms with E-state index < -0.39 is 44.0 Å². The van der Waals surface area contributed by atoms with Gasteiger partial charge in [0.2, 0.25) is 10.0 Å². The van der Waals surface area contributed by atoms with Crippen LogP contribution in [0.1, 0.15) is 29.8 Å². The molecule has 0 spiro atoms. The minimum atomic E-state index is -4.07. The fourth-order valence-corrected chi connectivity index (χ4v) is 6.97. The standard InChI is InChI=1S/C29H34ClN3O7S2/c1-19-8-12-23(13-9-19)41(36,37)31-26-7-5-6-25-28(26)40-27(20(2)16-33(29(25)35)21(3)18-34)17-32(4)42(38,39)24-14-10-22(30)11-15-24/h5-15,20-21,27,31,34H,16-18H2,1-4H3/t20-,21-,27+/m1/s1. The van der Waals surface area contributed by atoms with Crippen molar-refractivity contribution in [2.24, 2.45) is 5.92 Å². The molecule has 2 N–H and O–H groups in total. The maximum Gasteiger partial charge on any atom is 0.262 e. The maximum absolute atomic E-state index is 13.7. The van der Waals surface area contributed by atoms with E-state index in [9.17, 15) is 26.7 Å². The lowest BCUT2D eigenvalue weighted by Crippen LogP contribution is -2.50. The number of para-hydroxylation sites is 1. The van der Waals surface area contributed by atoms with Gasteiger partial charge in [0.25, 0.3) is 15.9 Å². The molecular formula is C29H34ClN3O7S2. The molecule has 10 nitrogen and oxygen atoms in total. The van der Waals surface area contributed by atoms with Crippen molar-refractivity contribution in [2.45, 2.75) is 42.7 Å². The number of anilines is 1. The quantitative estimate of drug-likeness (QED) is 0.363. The Kier molecular flexibility index (Phi) is 9.53. The molecule has 1 heterocycles. The summed E-state index contributed by atoms with van der Waals surface area (Å²) in [5.74, 6) is -0.890. The van der Waals surface area contributed by atoms with Gasteiger partial charge in [-0.15, -0.1) is 0 Å². The molecule has 3 aromatic rings. The first-order chi connectivity index (χ1) is 19.7. The number of likely N-dealkylation sites (N-methyl/N-ethyl adjacent to an activating group) is 1. The van der Waals surface area contributed by atoms with Crippen molar-refractivity contribution in [3.8, 4) is 5.75 Å². The van der Waals surface area contributed by atoms with Crippen molar-refractivity contribution in [2.75, 3.05) is 31.5 Å². The molecule has 0 bridgehead atoms. The second kappa shape index (κ2) is 12.6. The first kappa shape index (κ1) is 31.8. The number of halogens is 1. The number of fused-ring (bicyclic) bond motifs is 1. The highest BCUT2D eigenvalue weighted by molar-refractivity contribution is 7.92. The van der Waals surface area contributed by atoms with Crippen LogP contribution in [0, 0.1) is 12.8 Å². The van der Waals surface area contributed by atoms with Gasteiger partial charge in [-0.3, -0.25) is 9.52 Å². The van der Waals surface area contributed by atoms with Crippen LogP contribution in [-0.4, -0.2) is 75.9 Å². The summed E-state index contributed by atoms with van der Waals surface area (Å²) in [4.78, 5) is 15.3. The van der Waals surface area contributed by atoms with Crippen molar-refractivity contribution >= 4 is 43.2 Å². The summed E-state index contributed by atoms with van der Waals surface area (Å²) in [5, 5.41) is 10.3. The first-order valence-electron chi connectivity index (χ1n) is 13.3. The number of hydrogen-bond donors (Lipinski definition) is 2. The minimum absolute atomic E-state index is 0.0251. The molecule has 13 heteroatoms. The second-order valence-electron chi connectivity index (χ2n) is 10.5. The number of aliphatic hydroxyl groups is 1. The van der Waals surface area contributed by atoms with Crippen LogP contribution >= 0.6 is 11.6 Å². The van der Waals surface area contributed by atoms with E-state index in [4.69, 9.17) is 16.3 Å². The number of ether oxygens (including phenoxy) is 1. The highest BCUT2D eigenvalue weighted by atomic mass is 35.5. The largest absolute Gasteiger partial charge is 0.486 e. The van der Waals surface area contributed by atoms with E-state index in [1.807, 2.05) is 13.8 Å². The monoisotopic (exact) mass is 635 g/mol. The van der Waals surface area contributed by atoms with Crippen molar-refractivity contribution in [3.63, 3.8) is 0 Å². The Labute approximate surface area is 252 Å². The average molecular weight is 636 g/mol. The van der Waals surface area contributed by atoms with Crippen molar-refractivity contribution < 1.29 is 31.5 Å². The molecule has 0 aliphatic carbocycles. The molecule has 3 aromatic carbocycles. The topological polar surface area (TPSA) is 133 Å². The van der Waals surface area contributed by atoms with E-state index in [1.165, 1.54) is 66.5 Å². The Morgan fingerprint density at radius 2 is 1.67 bits per heavy atom. The Morgan fingerprint density at radius 3 is 2.29 bits per heavy atom. The Bertz CT molecular complexity index is 1650. The molecule has 1 aliphatic rings. The molecule has 1 amide bonds. The molecule has 0 aromatic heterocycles. The van der Waals surface area contributed by atoms with Crippen molar-refractivity contribution in [3.05, 3.63) is 82.9 Å².